The van der Waals surface area contributed by atoms with E-state index in [0.29, 0.717) is 5.92 Å². The molecule has 114 valence electrons. The highest BCUT2D eigenvalue weighted by Crippen LogP contribution is 2.32. The van der Waals surface area contributed by atoms with Crippen LogP contribution in [0.2, 0.25) is 0 Å². The molecule has 0 fully saturated rings. The van der Waals surface area contributed by atoms with Crippen molar-refractivity contribution >= 4 is 10.9 Å². The van der Waals surface area contributed by atoms with Gasteiger partial charge in [-0.2, -0.15) is 0 Å². The van der Waals surface area contributed by atoms with Crippen molar-refractivity contribution in [1.29, 1.82) is 0 Å². The molecular weight excluding hydrogens is 258 g/mol. The molecule has 1 aliphatic heterocycles. The quantitative estimate of drug-likeness (QED) is 0.941. The van der Waals surface area contributed by atoms with Gasteiger partial charge in [0.2, 0.25) is 0 Å². The van der Waals surface area contributed by atoms with Crippen molar-refractivity contribution in [2.75, 3.05) is 7.05 Å². The first-order valence-corrected chi connectivity index (χ1v) is 7.92. The van der Waals surface area contributed by atoms with Gasteiger partial charge in [0, 0.05) is 42.8 Å². The minimum Gasteiger partial charge on any atom is -0.348 e. The number of aromatic nitrogens is 1. The van der Waals surface area contributed by atoms with Crippen LogP contribution in [0.5, 0.6) is 0 Å². The van der Waals surface area contributed by atoms with Crippen LogP contribution in [0.4, 0.5) is 0 Å². The monoisotopic (exact) mass is 285 g/mol. The van der Waals surface area contributed by atoms with Gasteiger partial charge in [-0.25, -0.2) is 0 Å². The van der Waals surface area contributed by atoms with Gasteiger partial charge in [0.1, 0.15) is 0 Å². The number of rotatable bonds is 3. The molecule has 3 nitrogen and oxygen atoms in total. The highest BCUT2D eigenvalue weighted by molar-refractivity contribution is 5.87. The lowest BCUT2D eigenvalue weighted by molar-refractivity contribution is 0.353. The van der Waals surface area contributed by atoms with E-state index in [2.05, 4.69) is 56.5 Å². The lowest BCUT2D eigenvalue weighted by Gasteiger charge is -2.16. The molecule has 0 spiro atoms. The number of nitrogens with two attached hydrogens (primary N) is 1. The van der Waals surface area contributed by atoms with Crippen molar-refractivity contribution in [2.24, 2.45) is 18.7 Å². The van der Waals surface area contributed by atoms with Gasteiger partial charge >= 0.3 is 0 Å². The van der Waals surface area contributed by atoms with Crippen LogP contribution < -0.4 is 5.73 Å². The van der Waals surface area contributed by atoms with Gasteiger partial charge < -0.3 is 10.3 Å². The molecule has 0 aliphatic carbocycles. The normalized spacial score (nSPS) is 16.9. The molecule has 2 N–H and O–H groups in total. The van der Waals surface area contributed by atoms with Crippen LogP contribution in [-0.4, -0.2) is 22.6 Å². The predicted octanol–water partition coefficient (Wildman–Crippen LogP) is 2.96. The maximum Gasteiger partial charge on any atom is 0.0486 e. The molecule has 2 heterocycles. The summed E-state index contributed by atoms with van der Waals surface area (Å²) in [4.78, 5) is 2.37. The van der Waals surface area contributed by atoms with E-state index < -0.39 is 0 Å². The summed E-state index contributed by atoms with van der Waals surface area (Å²) in [5.74, 6) is 0.514. The fourth-order valence-corrected chi connectivity index (χ4v) is 3.43. The Morgan fingerprint density at radius 3 is 2.38 bits per heavy atom. The maximum atomic E-state index is 6.34. The fraction of sp³-hybridized carbons (Fsp3) is 0.556. The number of hydrogen-bond acceptors (Lipinski definition) is 2. The Morgan fingerprint density at radius 1 is 1.14 bits per heavy atom. The second-order valence-electron chi connectivity index (χ2n) is 7.05. The predicted molar refractivity (Wildman–Crippen MR) is 89.3 cm³/mol. The van der Waals surface area contributed by atoms with Crippen LogP contribution >= 0.6 is 0 Å². The minimum atomic E-state index is 0.227. The minimum absolute atomic E-state index is 0.227. The SMILES string of the molecule is Cc1c(CC(N)C(C)C)c2cc3c(cc2n1C)CN(C)C3. The molecule has 0 amide bonds. The molecule has 0 saturated carbocycles. The van der Waals surface area contributed by atoms with E-state index in [-0.39, 0.29) is 6.04 Å². The Labute approximate surface area is 127 Å². The van der Waals surface area contributed by atoms with E-state index in [1.54, 1.807) is 0 Å². The first kappa shape index (κ1) is 14.6. The summed E-state index contributed by atoms with van der Waals surface area (Å²) in [5.41, 5.74) is 13.4. The molecule has 3 rings (SSSR count). The fourth-order valence-electron chi connectivity index (χ4n) is 3.43. The summed E-state index contributed by atoms with van der Waals surface area (Å²) in [6.45, 7) is 8.76. The van der Waals surface area contributed by atoms with Crippen LogP contribution in [0.3, 0.4) is 0 Å². The molecule has 0 saturated heterocycles. The molecule has 1 aliphatic rings. The van der Waals surface area contributed by atoms with Crippen molar-refractivity contribution in [2.45, 2.75) is 46.3 Å². The van der Waals surface area contributed by atoms with Gasteiger partial charge in [-0.3, -0.25) is 4.90 Å². The summed E-state index contributed by atoms with van der Waals surface area (Å²) in [6, 6.07) is 5.01. The van der Waals surface area contributed by atoms with Gasteiger partial charge in [-0.1, -0.05) is 13.8 Å². The number of aryl methyl sites for hydroxylation is 1. The van der Waals surface area contributed by atoms with Gasteiger partial charge in [0.15, 0.2) is 0 Å². The lowest BCUT2D eigenvalue weighted by Crippen LogP contribution is -2.29. The van der Waals surface area contributed by atoms with E-state index in [1.807, 2.05) is 0 Å². The average molecular weight is 285 g/mol. The Hall–Kier alpha value is -1.32. The van der Waals surface area contributed by atoms with Gasteiger partial charge in [0.25, 0.3) is 0 Å². The van der Waals surface area contributed by atoms with Crippen LogP contribution in [0.25, 0.3) is 10.9 Å². The zero-order chi connectivity index (χ0) is 15.3. The number of hydrogen-bond donors (Lipinski definition) is 1. The molecule has 1 unspecified atom stereocenters. The summed E-state index contributed by atoms with van der Waals surface area (Å²) in [5, 5.41) is 1.40. The third-order valence-electron chi connectivity index (χ3n) is 5.12. The average Bonchev–Trinajstić information content (AvgIpc) is 2.89. The Balaban J connectivity index is 2.12. The van der Waals surface area contributed by atoms with E-state index in [9.17, 15) is 0 Å². The van der Waals surface area contributed by atoms with Crippen LogP contribution in [0.1, 0.15) is 36.2 Å². The Morgan fingerprint density at radius 2 is 1.76 bits per heavy atom. The van der Waals surface area contributed by atoms with Crippen molar-refractivity contribution in [3.8, 4) is 0 Å². The third kappa shape index (κ3) is 2.39. The summed E-state index contributed by atoms with van der Waals surface area (Å²) in [6.07, 6.45) is 0.968. The second kappa shape index (κ2) is 5.15. The highest BCUT2D eigenvalue weighted by atomic mass is 15.1. The molecular formula is C18H27N3. The number of fused-ring (bicyclic) bond motifs is 2. The summed E-state index contributed by atoms with van der Waals surface area (Å²) < 4.78 is 2.33. The van der Waals surface area contributed by atoms with Crippen molar-refractivity contribution in [3.05, 3.63) is 34.5 Å². The Kier molecular flexibility index (Phi) is 3.58. The molecule has 21 heavy (non-hydrogen) atoms. The maximum absolute atomic E-state index is 6.34. The van der Waals surface area contributed by atoms with Crippen molar-refractivity contribution < 1.29 is 0 Å². The summed E-state index contributed by atoms with van der Waals surface area (Å²) in [7, 11) is 4.36. The molecule has 1 aromatic heterocycles. The highest BCUT2D eigenvalue weighted by Gasteiger charge is 2.21. The van der Waals surface area contributed by atoms with Gasteiger partial charge in [0.05, 0.1) is 0 Å². The largest absolute Gasteiger partial charge is 0.348 e. The Bertz CT molecular complexity index is 682. The first-order chi connectivity index (χ1) is 9.88. The van der Waals surface area contributed by atoms with E-state index in [1.165, 1.54) is 33.3 Å². The topological polar surface area (TPSA) is 34.2 Å². The van der Waals surface area contributed by atoms with Crippen molar-refractivity contribution in [1.82, 2.24) is 9.47 Å². The molecule has 3 heteroatoms. The molecule has 2 aromatic rings. The smallest absolute Gasteiger partial charge is 0.0486 e. The zero-order valence-corrected chi connectivity index (χ0v) is 13.9. The van der Waals surface area contributed by atoms with E-state index in [4.69, 9.17) is 5.73 Å². The molecule has 0 bridgehead atoms. The van der Waals surface area contributed by atoms with E-state index >= 15 is 0 Å². The first-order valence-electron chi connectivity index (χ1n) is 7.92. The lowest BCUT2D eigenvalue weighted by atomic mass is 9.95. The molecule has 1 atom stereocenters. The standard InChI is InChI=1S/C18H27N3/c1-11(2)17(19)8-15-12(3)21(5)18-7-14-10-20(4)9-13(14)6-16(15)18/h6-7,11,17H,8-10,19H2,1-5H3. The van der Waals surface area contributed by atoms with Crippen LogP contribution in [0, 0.1) is 12.8 Å². The van der Waals surface area contributed by atoms with Crippen LogP contribution in [0.15, 0.2) is 12.1 Å². The zero-order valence-electron chi connectivity index (χ0n) is 13.9. The van der Waals surface area contributed by atoms with Crippen LogP contribution in [-0.2, 0) is 26.6 Å². The van der Waals surface area contributed by atoms with Crippen molar-refractivity contribution in [3.63, 3.8) is 0 Å². The second-order valence-corrected chi connectivity index (χ2v) is 7.05. The van der Waals surface area contributed by atoms with E-state index in [0.717, 1.165) is 19.5 Å². The van der Waals surface area contributed by atoms with Gasteiger partial charge in [-0.15, -0.1) is 0 Å². The summed E-state index contributed by atoms with van der Waals surface area (Å²) >= 11 is 0. The molecule has 1 aromatic carbocycles. The number of nitrogens with zero attached hydrogens (tertiary/aromatic N) is 2. The number of benzene rings is 1. The van der Waals surface area contributed by atoms with Gasteiger partial charge in [-0.05, 0) is 55.1 Å². The molecule has 0 radical (unpaired) electrons. The third-order valence-corrected chi connectivity index (χ3v) is 5.12.